The zero-order valence-corrected chi connectivity index (χ0v) is 8.92. The lowest BCUT2D eigenvalue weighted by atomic mass is 10.0. The van der Waals surface area contributed by atoms with Gasteiger partial charge in [-0.25, -0.2) is 0 Å². The fourth-order valence-corrected chi connectivity index (χ4v) is 1.45. The summed E-state index contributed by atoms with van der Waals surface area (Å²) >= 11 is 0. The largest absolute Gasteiger partial charge is 0.490 e. The lowest BCUT2D eigenvalue weighted by Gasteiger charge is -2.10. The maximum absolute atomic E-state index is 10.9. The molecule has 1 rings (SSSR count). The predicted molar refractivity (Wildman–Crippen MR) is 58.4 cm³/mol. The number of hydrogen-bond donors (Lipinski definition) is 2. The van der Waals surface area contributed by atoms with E-state index >= 15 is 0 Å². The molecule has 0 radical (unpaired) electrons. The lowest BCUT2D eigenvalue weighted by Crippen LogP contribution is -2.27. The monoisotopic (exact) mass is 226 g/mol. The van der Waals surface area contributed by atoms with E-state index in [9.17, 15) is 10.1 Å². The average molecular weight is 226 g/mol. The fraction of sp³-hybridized carbons (Fsp3) is 0.400. The molecule has 1 aromatic rings. The molecule has 0 fully saturated rings. The normalized spacial score (nSPS) is 12.2. The minimum atomic E-state index is -0.509. The molecule has 0 bridgehead atoms. The molecule has 1 unspecified atom stereocenters. The number of nitro benzene ring substituents is 1. The van der Waals surface area contributed by atoms with E-state index in [4.69, 9.17) is 15.6 Å². The molecule has 6 nitrogen and oxygen atoms in total. The van der Waals surface area contributed by atoms with Crippen molar-refractivity contribution < 1.29 is 14.8 Å². The van der Waals surface area contributed by atoms with Crippen LogP contribution in [0.4, 0.5) is 5.69 Å². The molecule has 0 saturated carbocycles. The van der Waals surface area contributed by atoms with Gasteiger partial charge in [-0.05, 0) is 12.5 Å². The van der Waals surface area contributed by atoms with Crippen LogP contribution in [0.2, 0.25) is 0 Å². The Kier molecular flexibility index (Phi) is 4.21. The van der Waals surface area contributed by atoms with Crippen LogP contribution in [0.25, 0.3) is 0 Å². The third kappa shape index (κ3) is 2.68. The third-order valence-corrected chi connectivity index (χ3v) is 2.20. The van der Waals surface area contributed by atoms with Gasteiger partial charge in [-0.3, -0.25) is 10.1 Å². The smallest absolute Gasteiger partial charge is 0.314 e. The van der Waals surface area contributed by atoms with Crippen LogP contribution in [0, 0.1) is 10.1 Å². The summed E-state index contributed by atoms with van der Waals surface area (Å²) in [5.41, 5.74) is 5.93. The van der Waals surface area contributed by atoms with Crippen LogP contribution >= 0.6 is 0 Å². The predicted octanol–water partition coefficient (Wildman–Crippen LogP) is 0.466. The molecule has 0 heterocycles. The number of aliphatic hydroxyl groups is 1. The summed E-state index contributed by atoms with van der Waals surface area (Å²) in [6.07, 6.45) is 0.240. The highest BCUT2D eigenvalue weighted by molar-refractivity contribution is 5.53. The van der Waals surface area contributed by atoms with E-state index in [0.29, 0.717) is 5.56 Å². The summed E-state index contributed by atoms with van der Waals surface area (Å²) < 4.78 is 4.92. The summed E-state index contributed by atoms with van der Waals surface area (Å²) in [7, 11) is 1.37. The van der Waals surface area contributed by atoms with Crippen molar-refractivity contribution in [1.29, 1.82) is 0 Å². The molecule has 0 aliphatic rings. The zero-order valence-electron chi connectivity index (χ0n) is 8.92. The van der Waals surface area contributed by atoms with Crippen LogP contribution in [0.5, 0.6) is 5.75 Å². The molecule has 0 spiro atoms. The first-order valence-corrected chi connectivity index (χ1v) is 4.76. The van der Waals surface area contributed by atoms with Gasteiger partial charge in [0.25, 0.3) is 0 Å². The van der Waals surface area contributed by atoms with Gasteiger partial charge in [0.05, 0.1) is 18.6 Å². The Bertz CT molecular complexity index is 381. The number of hydrogen-bond acceptors (Lipinski definition) is 5. The molecule has 0 aliphatic carbocycles. The summed E-state index contributed by atoms with van der Waals surface area (Å²) in [5.74, 6) is 0.202. The van der Waals surface area contributed by atoms with Crippen molar-refractivity contribution in [2.24, 2.45) is 5.73 Å². The molecule has 0 saturated heterocycles. The Balaban J connectivity index is 3.12. The van der Waals surface area contributed by atoms with Gasteiger partial charge >= 0.3 is 5.69 Å². The second-order valence-corrected chi connectivity index (χ2v) is 3.37. The first-order valence-electron chi connectivity index (χ1n) is 4.76. The van der Waals surface area contributed by atoms with Crippen LogP contribution in [0.3, 0.4) is 0 Å². The Morgan fingerprint density at radius 1 is 1.62 bits per heavy atom. The van der Waals surface area contributed by atoms with Crippen LogP contribution in [0.15, 0.2) is 18.2 Å². The number of aliphatic hydroxyl groups excluding tert-OH is 1. The number of para-hydroxylation sites is 1. The number of nitrogens with zero attached hydrogens (tertiary/aromatic N) is 1. The van der Waals surface area contributed by atoms with Crippen molar-refractivity contribution >= 4 is 5.69 Å². The second-order valence-electron chi connectivity index (χ2n) is 3.37. The average Bonchev–Trinajstić information content (AvgIpc) is 2.28. The number of rotatable bonds is 5. The minimum absolute atomic E-state index is 0.0890. The van der Waals surface area contributed by atoms with E-state index in [0.717, 1.165) is 0 Å². The first-order chi connectivity index (χ1) is 7.60. The Hall–Kier alpha value is -1.66. The van der Waals surface area contributed by atoms with E-state index < -0.39 is 11.0 Å². The second kappa shape index (κ2) is 5.43. The Morgan fingerprint density at radius 3 is 2.81 bits per heavy atom. The van der Waals surface area contributed by atoms with Gasteiger partial charge in [0.2, 0.25) is 0 Å². The number of benzene rings is 1. The van der Waals surface area contributed by atoms with E-state index in [-0.39, 0.29) is 24.5 Å². The molecule has 0 aliphatic heterocycles. The molecule has 1 atom stereocenters. The minimum Gasteiger partial charge on any atom is -0.490 e. The first kappa shape index (κ1) is 12.4. The molecule has 0 aromatic heterocycles. The van der Waals surface area contributed by atoms with Gasteiger partial charge in [0, 0.05) is 11.6 Å². The molecule has 6 heteroatoms. The quantitative estimate of drug-likeness (QED) is 0.561. The van der Waals surface area contributed by atoms with Crippen molar-refractivity contribution in [3.05, 3.63) is 33.9 Å². The van der Waals surface area contributed by atoms with Crippen LogP contribution in [0.1, 0.15) is 5.56 Å². The van der Waals surface area contributed by atoms with Gasteiger partial charge < -0.3 is 15.6 Å². The number of nitrogens with two attached hydrogens (primary N) is 1. The SMILES string of the molecule is COc1cccc(CC(N)CO)c1[N+](=O)[O-]. The van der Waals surface area contributed by atoms with Crippen molar-refractivity contribution in [1.82, 2.24) is 0 Å². The van der Waals surface area contributed by atoms with E-state index in [1.54, 1.807) is 12.1 Å². The fourth-order valence-electron chi connectivity index (χ4n) is 1.45. The van der Waals surface area contributed by atoms with Gasteiger partial charge in [-0.15, -0.1) is 0 Å². The summed E-state index contributed by atoms with van der Waals surface area (Å²) in [6, 6.07) is 4.28. The lowest BCUT2D eigenvalue weighted by molar-refractivity contribution is -0.386. The van der Waals surface area contributed by atoms with Gasteiger partial charge in [-0.1, -0.05) is 12.1 Å². The standard InChI is InChI=1S/C10H14N2O4/c1-16-9-4-2-3-7(5-8(11)6-13)10(9)12(14)15/h2-4,8,13H,5-6,11H2,1H3. The van der Waals surface area contributed by atoms with E-state index in [2.05, 4.69) is 0 Å². The van der Waals surface area contributed by atoms with Gasteiger partial charge in [-0.2, -0.15) is 0 Å². The Morgan fingerprint density at radius 2 is 2.31 bits per heavy atom. The van der Waals surface area contributed by atoms with Crippen LogP contribution < -0.4 is 10.5 Å². The highest BCUT2D eigenvalue weighted by Gasteiger charge is 2.21. The maximum Gasteiger partial charge on any atom is 0.314 e. The molecular formula is C10H14N2O4. The molecule has 0 amide bonds. The third-order valence-electron chi connectivity index (χ3n) is 2.20. The molecule has 3 N–H and O–H groups in total. The van der Waals surface area contributed by atoms with E-state index in [1.807, 2.05) is 0 Å². The molecule has 1 aromatic carbocycles. The molecule has 88 valence electrons. The highest BCUT2D eigenvalue weighted by Crippen LogP contribution is 2.30. The van der Waals surface area contributed by atoms with Gasteiger partial charge in [0.1, 0.15) is 0 Å². The summed E-state index contributed by atoms with van der Waals surface area (Å²) in [4.78, 5) is 10.4. The maximum atomic E-state index is 10.9. The number of nitro groups is 1. The molecule has 16 heavy (non-hydrogen) atoms. The number of methoxy groups -OCH3 is 1. The highest BCUT2D eigenvalue weighted by atomic mass is 16.6. The van der Waals surface area contributed by atoms with Gasteiger partial charge in [0.15, 0.2) is 5.75 Å². The topological polar surface area (TPSA) is 98.6 Å². The van der Waals surface area contributed by atoms with Crippen molar-refractivity contribution in [2.75, 3.05) is 13.7 Å². The van der Waals surface area contributed by atoms with Crippen LogP contribution in [-0.4, -0.2) is 29.8 Å². The summed E-state index contributed by atoms with van der Waals surface area (Å²) in [5, 5.41) is 19.7. The summed E-state index contributed by atoms with van der Waals surface area (Å²) in [6.45, 7) is -0.214. The van der Waals surface area contributed by atoms with E-state index in [1.165, 1.54) is 13.2 Å². The number of ether oxygens (including phenoxy) is 1. The van der Waals surface area contributed by atoms with Crippen molar-refractivity contribution in [3.8, 4) is 5.75 Å². The van der Waals surface area contributed by atoms with Crippen LogP contribution in [-0.2, 0) is 6.42 Å². The van der Waals surface area contributed by atoms with Crippen molar-refractivity contribution in [3.63, 3.8) is 0 Å². The van der Waals surface area contributed by atoms with Crippen molar-refractivity contribution in [2.45, 2.75) is 12.5 Å². The Labute approximate surface area is 92.8 Å². The molecular weight excluding hydrogens is 212 g/mol. The zero-order chi connectivity index (χ0) is 12.1.